The lowest BCUT2D eigenvalue weighted by atomic mass is 10.1. The van der Waals surface area contributed by atoms with E-state index >= 15 is 0 Å². The molecule has 5 heteroatoms. The Morgan fingerprint density at radius 3 is 2.73 bits per heavy atom. The molecule has 0 atom stereocenters. The lowest BCUT2D eigenvalue weighted by Gasteiger charge is -1.97. The highest BCUT2D eigenvalue weighted by Gasteiger charge is 2.13. The van der Waals surface area contributed by atoms with Crippen LogP contribution in [0.25, 0.3) is 22.1 Å². The molecule has 0 amide bonds. The second-order valence-corrected chi connectivity index (χ2v) is 7.52. The third-order valence-corrected chi connectivity index (χ3v) is 5.78. The Bertz CT molecular complexity index is 1130. The summed E-state index contributed by atoms with van der Waals surface area (Å²) in [7, 11) is 0. The molecular weight excluding hydrogens is 312 g/mol. The molecule has 0 saturated carbocycles. The molecule has 0 aliphatic carbocycles. The van der Waals surface area contributed by atoms with Gasteiger partial charge in [-0.1, -0.05) is 17.4 Å². The fraction of sp³-hybridized carbons (Fsp3) is 0.176. The maximum Gasteiger partial charge on any atom is 0.274 e. The summed E-state index contributed by atoms with van der Waals surface area (Å²) in [5, 5.41) is 2.05. The Labute approximate surface area is 135 Å². The van der Waals surface area contributed by atoms with Gasteiger partial charge < -0.3 is 0 Å². The van der Waals surface area contributed by atoms with Crippen LogP contribution in [0.3, 0.4) is 0 Å². The van der Waals surface area contributed by atoms with Crippen LogP contribution in [0, 0.1) is 20.8 Å². The van der Waals surface area contributed by atoms with Gasteiger partial charge in [-0.2, -0.15) is 0 Å². The van der Waals surface area contributed by atoms with E-state index in [0.717, 1.165) is 36.5 Å². The van der Waals surface area contributed by atoms with Crippen molar-refractivity contribution in [1.82, 2.24) is 9.38 Å². The molecule has 4 aromatic rings. The molecule has 3 heterocycles. The van der Waals surface area contributed by atoms with Gasteiger partial charge in [-0.25, -0.2) is 9.38 Å². The van der Waals surface area contributed by atoms with E-state index in [2.05, 4.69) is 24.0 Å². The standard InChI is InChI=1S/C17H14N2OS2/c1-9-6-11(3)15-12(7-9)19-16(20)14(22-17(19)18-15)8-13-10(2)4-5-21-13/h4-8H,1-3H3. The molecule has 0 spiro atoms. The van der Waals surface area contributed by atoms with E-state index in [0.29, 0.717) is 0 Å². The van der Waals surface area contributed by atoms with E-state index in [1.165, 1.54) is 16.9 Å². The van der Waals surface area contributed by atoms with E-state index in [1.54, 1.807) is 15.7 Å². The number of hydrogen-bond acceptors (Lipinski definition) is 4. The molecule has 3 nitrogen and oxygen atoms in total. The number of thiophene rings is 1. The van der Waals surface area contributed by atoms with Gasteiger partial charge >= 0.3 is 0 Å². The van der Waals surface area contributed by atoms with Gasteiger partial charge in [0.25, 0.3) is 5.56 Å². The van der Waals surface area contributed by atoms with E-state index in [1.807, 2.05) is 31.4 Å². The molecule has 4 rings (SSSR count). The van der Waals surface area contributed by atoms with Crippen molar-refractivity contribution in [2.75, 3.05) is 0 Å². The SMILES string of the molecule is Cc1cc(C)c2nc3sc(=Cc4sccc4C)c(=O)n3c2c1. The van der Waals surface area contributed by atoms with Gasteiger partial charge in [0.1, 0.15) is 0 Å². The Balaban J connectivity index is 2.09. The van der Waals surface area contributed by atoms with Gasteiger partial charge in [0.15, 0.2) is 4.96 Å². The maximum atomic E-state index is 12.8. The average molecular weight is 326 g/mol. The van der Waals surface area contributed by atoms with Gasteiger partial charge in [-0.05, 0) is 61.1 Å². The van der Waals surface area contributed by atoms with Crippen LogP contribution in [0.2, 0.25) is 0 Å². The predicted octanol–water partition coefficient (Wildman–Crippen LogP) is 3.44. The summed E-state index contributed by atoms with van der Waals surface area (Å²) < 4.78 is 2.49. The van der Waals surface area contributed by atoms with Gasteiger partial charge in [0, 0.05) is 4.88 Å². The van der Waals surface area contributed by atoms with Crippen LogP contribution in [-0.4, -0.2) is 9.38 Å². The van der Waals surface area contributed by atoms with Crippen molar-refractivity contribution >= 4 is 44.7 Å². The molecule has 0 saturated heterocycles. The van der Waals surface area contributed by atoms with Crippen molar-refractivity contribution in [1.29, 1.82) is 0 Å². The second kappa shape index (κ2) is 4.76. The number of aryl methyl sites for hydroxylation is 3. The first-order valence-corrected chi connectivity index (χ1v) is 8.72. The topological polar surface area (TPSA) is 34.4 Å². The molecule has 0 radical (unpaired) electrons. The highest BCUT2D eigenvalue weighted by Crippen LogP contribution is 2.22. The number of aromatic nitrogens is 2. The van der Waals surface area contributed by atoms with E-state index in [-0.39, 0.29) is 5.56 Å². The van der Waals surface area contributed by atoms with Crippen molar-refractivity contribution in [2.24, 2.45) is 0 Å². The molecule has 0 aliphatic heterocycles. The van der Waals surface area contributed by atoms with Crippen LogP contribution in [-0.2, 0) is 0 Å². The van der Waals surface area contributed by atoms with Crippen molar-refractivity contribution in [2.45, 2.75) is 20.8 Å². The summed E-state index contributed by atoms with van der Waals surface area (Å²) in [5.74, 6) is 0. The van der Waals surface area contributed by atoms with E-state index in [4.69, 9.17) is 0 Å². The molecule has 0 unspecified atom stereocenters. The molecule has 0 fully saturated rings. The predicted molar refractivity (Wildman–Crippen MR) is 94.2 cm³/mol. The van der Waals surface area contributed by atoms with Gasteiger partial charge in [0.05, 0.1) is 15.6 Å². The summed E-state index contributed by atoms with van der Waals surface area (Å²) in [6, 6.07) is 6.21. The van der Waals surface area contributed by atoms with Crippen LogP contribution < -0.4 is 10.1 Å². The molecule has 0 N–H and O–H groups in total. The number of thiazole rings is 1. The van der Waals surface area contributed by atoms with Crippen LogP contribution in [0.1, 0.15) is 21.6 Å². The quantitative estimate of drug-likeness (QED) is 0.537. The summed E-state index contributed by atoms with van der Waals surface area (Å²) in [6.45, 7) is 6.15. The van der Waals surface area contributed by atoms with Gasteiger partial charge in [0.2, 0.25) is 0 Å². The number of imidazole rings is 1. The van der Waals surface area contributed by atoms with Gasteiger partial charge in [-0.15, -0.1) is 11.3 Å². The summed E-state index contributed by atoms with van der Waals surface area (Å²) in [5.41, 5.74) is 5.33. The van der Waals surface area contributed by atoms with Crippen molar-refractivity contribution < 1.29 is 0 Å². The molecule has 0 bridgehead atoms. The number of rotatable bonds is 1. The lowest BCUT2D eigenvalue weighted by Crippen LogP contribution is -2.22. The minimum Gasteiger partial charge on any atom is -0.267 e. The Kier molecular flexibility index (Phi) is 2.96. The number of nitrogens with zero attached hydrogens (tertiary/aromatic N) is 2. The summed E-state index contributed by atoms with van der Waals surface area (Å²) >= 11 is 3.12. The number of hydrogen-bond donors (Lipinski definition) is 0. The average Bonchev–Trinajstić information content (AvgIpc) is 3.09. The maximum absolute atomic E-state index is 12.8. The fourth-order valence-corrected chi connectivity index (χ4v) is 4.66. The largest absolute Gasteiger partial charge is 0.274 e. The summed E-state index contributed by atoms with van der Waals surface area (Å²) in [6.07, 6.45) is 1.98. The van der Waals surface area contributed by atoms with Crippen molar-refractivity contribution in [3.8, 4) is 0 Å². The van der Waals surface area contributed by atoms with Crippen LogP contribution in [0.15, 0.2) is 28.4 Å². The van der Waals surface area contributed by atoms with E-state index < -0.39 is 0 Å². The smallest absolute Gasteiger partial charge is 0.267 e. The Morgan fingerprint density at radius 2 is 2.00 bits per heavy atom. The second-order valence-electron chi connectivity index (χ2n) is 5.56. The zero-order valence-electron chi connectivity index (χ0n) is 12.5. The highest BCUT2D eigenvalue weighted by molar-refractivity contribution is 7.15. The zero-order valence-corrected chi connectivity index (χ0v) is 14.1. The molecule has 110 valence electrons. The monoisotopic (exact) mass is 326 g/mol. The molecule has 3 aromatic heterocycles. The van der Waals surface area contributed by atoms with Crippen molar-refractivity contribution in [3.05, 3.63) is 60.0 Å². The highest BCUT2D eigenvalue weighted by atomic mass is 32.1. The molecular formula is C17H14N2OS2. The Hall–Kier alpha value is -1.98. The number of fused-ring (bicyclic) bond motifs is 3. The van der Waals surface area contributed by atoms with Crippen LogP contribution >= 0.6 is 22.7 Å². The summed E-state index contributed by atoms with van der Waals surface area (Å²) in [4.78, 5) is 19.3. The minimum atomic E-state index is 0.0281. The molecule has 0 aliphatic rings. The first kappa shape index (κ1) is 13.7. The lowest BCUT2D eigenvalue weighted by molar-refractivity contribution is 1.19. The minimum absolute atomic E-state index is 0.0281. The first-order valence-electron chi connectivity index (χ1n) is 7.02. The van der Waals surface area contributed by atoms with Crippen molar-refractivity contribution in [3.63, 3.8) is 0 Å². The normalized spacial score (nSPS) is 12.8. The third-order valence-electron chi connectivity index (χ3n) is 3.84. The van der Waals surface area contributed by atoms with E-state index in [9.17, 15) is 4.79 Å². The Morgan fingerprint density at radius 1 is 1.18 bits per heavy atom. The third kappa shape index (κ3) is 1.93. The molecule has 1 aromatic carbocycles. The molecule has 22 heavy (non-hydrogen) atoms. The van der Waals surface area contributed by atoms with Crippen LogP contribution in [0.4, 0.5) is 0 Å². The van der Waals surface area contributed by atoms with Crippen LogP contribution in [0.5, 0.6) is 0 Å². The van der Waals surface area contributed by atoms with Gasteiger partial charge in [-0.3, -0.25) is 4.79 Å². The first-order chi connectivity index (χ1) is 10.5. The number of benzene rings is 1. The zero-order chi connectivity index (χ0) is 15.4. The fourth-order valence-electron chi connectivity index (χ4n) is 2.76.